The van der Waals surface area contributed by atoms with Crippen LogP contribution in [0.25, 0.3) is 0 Å². The number of ether oxygens (including phenoxy) is 6. The fraction of sp³-hybridized carbons (Fsp3) is 0.392. The van der Waals surface area contributed by atoms with Crippen LogP contribution in [0.5, 0.6) is 0 Å². The summed E-state index contributed by atoms with van der Waals surface area (Å²) in [7, 11) is -21.6. The Bertz CT molecular complexity index is 6390. The van der Waals surface area contributed by atoms with Crippen molar-refractivity contribution in [3.63, 3.8) is 0 Å². The topological polar surface area (TPSA) is 464 Å². The van der Waals surface area contributed by atoms with Crippen LogP contribution in [-0.4, -0.2) is 215 Å². The predicted octanol–water partition coefficient (Wildman–Crippen LogP) is 7.76. The van der Waals surface area contributed by atoms with E-state index >= 15 is 0 Å². The Kier molecular flexibility index (Phi) is 25.5. The van der Waals surface area contributed by atoms with Crippen LogP contribution in [0.4, 0.5) is 0 Å². The minimum Gasteiger partial charge on any atom is -0.371 e. The second-order valence-corrected chi connectivity index (χ2v) is 42.8. The zero-order chi connectivity index (χ0) is 87.0. The van der Waals surface area contributed by atoms with E-state index in [4.69, 9.17) is 28.4 Å². The molecule has 12 aromatic rings. The largest absolute Gasteiger partial charge is 0.371 e. The lowest BCUT2D eigenvalue weighted by molar-refractivity contribution is 0.220. The first-order valence-corrected chi connectivity index (χ1v) is 47.1. The predicted molar refractivity (Wildman–Crippen MR) is 431 cm³/mol. The smallest absolute Gasteiger partial charge is 0.227 e. The summed E-state index contributed by atoms with van der Waals surface area (Å²) in [6.07, 6.45) is 9.36. The molecule has 6 aromatic carbocycles. The van der Waals surface area contributed by atoms with Crippen molar-refractivity contribution < 1.29 is 78.9 Å². The SMILES string of the molecule is Cc1ccc(S(=O)(=O)c2cn(C(C)(C)C3CO3)nn2)cc1.Cc1ccc(S(=O)(=O)c2cn(C(C)C3CO3)nn2)cc1.Cc1ccc(S(=O)(=O)c2cn(CC3(C)CO3)nn2)cc1.Cc1ccc(S(=O)(=O)c2cn(CC3CO3)nn2)cc1.Cc1ccc(S(=O)(=O)c2cn(CC3OC3(C)C)nn2)cc1.Cc1ccc(S(=O)(=O)c2cn(CC3OC3C)nn2)cc1. The molecular weight excluding hydrogens is 1680 g/mol. The van der Waals surface area contributed by atoms with Gasteiger partial charge in [-0.15, -0.1) is 30.6 Å². The van der Waals surface area contributed by atoms with Crippen molar-refractivity contribution in [2.45, 2.75) is 235 Å². The van der Waals surface area contributed by atoms with E-state index in [1.165, 1.54) is 55.9 Å². The molecule has 0 N–H and O–H groups in total. The molecule has 6 saturated heterocycles. The Morgan fingerprint density at radius 1 is 0.405 bits per heavy atom. The van der Waals surface area contributed by atoms with Gasteiger partial charge in [0.05, 0.1) is 142 Å². The molecule has 0 saturated carbocycles. The molecule has 18 rings (SSSR count). The van der Waals surface area contributed by atoms with E-state index in [2.05, 4.69) is 61.9 Å². The fourth-order valence-corrected chi connectivity index (χ4v) is 18.4. The summed E-state index contributed by atoms with van der Waals surface area (Å²) in [6.45, 7) is 29.9. The highest BCUT2D eigenvalue weighted by Crippen LogP contribution is 2.37. The molecule has 6 fully saturated rings. The minimum absolute atomic E-state index is 0.00975. The van der Waals surface area contributed by atoms with Gasteiger partial charge in [-0.2, -0.15) is 0 Å². The molecular formula is C79H92N18O18S6. The molecule has 8 atom stereocenters. The zero-order valence-electron chi connectivity index (χ0n) is 68.4. The Balaban J connectivity index is 0.000000125. The highest BCUT2D eigenvalue weighted by atomic mass is 32.2. The lowest BCUT2D eigenvalue weighted by Gasteiger charge is -2.21. The molecule has 6 aromatic heterocycles. The van der Waals surface area contributed by atoms with Crippen LogP contribution >= 0.6 is 0 Å². The van der Waals surface area contributed by atoms with Gasteiger partial charge in [0.2, 0.25) is 89.2 Å². The Morgan fingerprint density at radius 2 is 0.694 bits per heavy atom. The van der Waals surface area contributed by atoms with Gasteiger partial charge in [0, 0.05) is 0 Å². The number of hydrogen-bond donors (Lipinski definition) is 0. The van der Waals surface area contributed by atoms with Crippen LogP contribution in [0.2, 0.25) is 0 Å². The van der Waals surface area contributed by atoms with Crippen molar-refractivity contribution in [2.24, 2.45) is 0 Å². The second kappa shape index (κ2) is 34.9. The molecule has 12 heterocycles. The summed E-state index contributed by atoms with van der Waals surface area (Å²) in [4.78, 5) is 1.36. The normalized spacial score (nSPS) is 20.2. The van der Waals surface area contributed by atoms with Gasteiger partial charge in [-0.25, -0.2) is 78.6 Å². The van der Waals surface area contributed by atoms with Gasteiger partial charge in [-0.3, -0.25) is 0 Å². The fourth-order valence-electron chi connectivity index (χ4n) is 11.6. The first-order valence-electron chi connectivity index (χ1n) is 38.2. The standard InChI is InChI=1S/2C14H17N3O3S.3C13H15N3O3S.C12H13N3O3S/c1-10-4-6-11(7-5-10)21(18,19)13-8-17(16-15-13)14(2,3)12-9-20-12;1-10-4-6-11(7-5-10)21(18,19)13-9-17(16-15-13)8-12-14(2,3)20-12;1-10-3-5-11(6-4-10)20(17,18)12-7-16(15-14-12)8-13(2)9-19-13;1-9-3-5-11(6-4-9)20(17,18)13-7-16(15-14-13)10(2)12-8-19-12;1-9-3-5-11(6-4-9)20(17,18)13-8-16(15-14-13)7-12-10(2)19-12;1-9-2-4-11(5-3-9)19(16,17)12-7-15(14-13-12)6-10-8-18-10/h4-8,12H,9H2,1-3H3;4-7,9,12H,8H2,1-3H3;3-7H,8-9H2,1-2H3;3-7,10,12H,8H2,1-2H3;3-6,8,10,12H,7H2,1-2H3;2-5,7,10H,6,8H2,1H3. The third-order valence-electron chi connectivity index (χ3n) is 20.3. The molecule has 0 radical (unpaired) electrons. The number of sulfone groups is 6. The molecule has 0 amide bonds. The van der Waals surface area contributed by atoms with Crippen LogP contribution < -0.4 is 0 Å². The van der Waals surface area contributed by atoms with Gasteiger partial charge in [0.15, 0.2) is 0 Å². The van der Waals surface area contributed by atoms with Crippen molar-refractivity contribution in [3.8, 4) is 0 Å². The van der Waals surface area contributed by atoms with Crippen molar-refractivity contribution in [1.29, 1.82) is 0 Å². The van der Waals surface area contributed by atoms with Crippen LogP contribution in [0, 0.1) is 41.5 Å². The summed E-state index contributed by atoms with van der Waals surface area (Å²) >= 11 is 0. The Morgan fingerprint density at radius 3 is 1.00 bits per heavy atom. The number of aryl methyl sites for hydroxylation is 6. The van der Waals surface area contributed by atoms with Gasteiger partial charge in [0.1, 0.15) is 36.1 Å². The van der Waals surface area contributed by atoms with Crippen molar-refractivity contribution in [1.82, 2.24) is 90.0 Å². The Hall–Kier alpha value is -10.4. The van der Waals surface area contributed by atoms with E-state index in [-0.39, 0.29) is 113 Å². The van der Waals surface area contributed by atoms with Gasteiger partial charge in [-0.1, -0.05) is 137 Å². The second-order valence-electron chi connectivity index (χ2n) is 31.4. The zero-order valence-corrected chi connectivity index (χ0v) is 73.3. The maximum Gasteiger partial charge on any atom is 0.227 e. The molecule has 121 heavy (non-hydrogen) atoms. The summed E-state index contributed by atoms with van der Waals surface area (Å²) < 4.78 is 190. The minimum atomic E-state index is -3.64. The molecule has 0 aliphatic carbocycles. The van der Waals surface area contributed by atoms with E-state index in [1.807, 2.05) is 90.0 Å². The van der Waals surface area contributed by atoms with Crippen molar-refractivity contribution >= 4 is 59.0 Å². The molecule has 642 valence electrons. The lowest BCUT2D eigenvalue weighted by Crippen LogP contribution is -2.33. The first kappa shape index (κ1) is 88.4. The average Bonchev–Trinajstić information content (AvgIpc) is 1.64. The van der Waals surface area contributed by atoms with Crippen LogP contribution in [0.15, 0.2) is 242 Å². The lowest BCUT2D eigenvalue weighted by atomic mass is 10.0. The van der Waals surface area contributed by atoms with Gasteiger partial charge >= 0.3 is 0 Å². The summed E-state index contributed by atoms with van der Waals surface area (Å²) in [5, 5.41) is 45.7. The molecule has 6 aliphatic rings. The van der Waals surface area contributed by atoms with E-state index in [0.29, 0.717) is 52.6 Å². The van der Waals surface area contributed by atoms with Crippen LogP contribution in [0.3, 0.4) is 0 Å². The number of aromatic nitrogens is 18. The average molecular weight is 1770 g/mol. The maximum atomic E-state index is 12.5. The molecule has 6 aliphatic heterocycles. The summed E-state index contributed by atoms with van der Waals surface area (Å²) in [5.41, 5.74) is 5.23. The van der Waals surface area contributed by atoms with Gasteiger partial charge in [0.25, 0.3) is 0 Å². The summed E-state index contributed by atoms with van der Waals surface area (Å²) in [6, 6.07) is 40.1. The van der Waals surface area contributed by atoms with E-state index in [9.17, 15) is 50.5 Å². The Labute approximate surface area is 701 Å². The number of nitrogens with zero attached hydrogens (tertiary/aromatic N) is 18. The van der Waals surface area contributed by atoms with Crippen molar-refractivity contribution in [3.05, 3.63) is 216 Å². The quantitative estimate of drug-likeness (QED) is 0.0521. The molecule has 36 nitrogen and oxygen atoms in total. The number of epoxide rings is 6. The third kappa shape index (κ3) is 21.7. The van der Waals surface area contributed by atoms with Crippen LogP contribution in [0.1, 0.15) is 87.9 Å². The third-order valence-corrected chi connectivity index (χ3v) is 30.1. The van der Waals surface area contributed by atoms with E-state index < -0.39 is 64.6 Å². The monoisotopic (exact) mass is 1770 g/mol. The summed E-state index contributed by atoms with van der Waals surface area (Å²) in [5.74, 6) is 0. The van der Waals surface area contributed by atoms with E-state index in [1.54, 1.807) is 155 Å². The molecule has 8 unspecified atom stereocenters. The molecule has 42 heteroatoms. The van der Waals surface area contributed by atoms with Gasteiger partial charge in [-0.05, 0) is 163 Å². The van der Waals surface area contributed by atoms with Crippen LogP contribution in [-0.2, 0) is 119 Å². The number of benzene rings is 6. The maximum absolute atomic E-state index is 12.5. The first-order chi connectivity index (χ1) is 57.0. The molecule has 0 spiro atoms. The van der Waals surface area contributed by atoms with Crippen molar-refractivity contribution in [2.75, 3.05) is 26.4 Å². The number of rotatable bonds is 24. The van der Waals surface area contributed by atoms with E-state index in [0.717, 1.165) is 33.4 Å². The number of hydrogen-bond acceptors (Lipinski definition) is 30. The highest BCUT2D eigenvalue weighted by Gasteiger charge is 2.48. The molecule has 0 bridgehead atoms. The van der Waals surface area contributed by atoms with Gasteiger partial charge < -0.3 is 28.4 Å². The highest BCUT2D eigenvalue weighted by molar-refractivity contribution is 7.92.